The SMILES string of the molecule is CCCCc1ccc(S(=O)(=O)Nc2ccc(Br)cc2Cl)cc1. The molecular formula is C16H17BrClNO2S. The van der Waals surface area contributed by atoms with Crippen LogP contribution in [0.4, 0.5) is 5.69 Å². The summed E-state index contributed by atoms with van der Waals surface area (Å²) in [6.07, 6.45) is 3.17. The van der Waals surface area contributed by atoms with E-state index in [2.05, 4.69) is 27.6 Å². The summed E-state index contributed by atoms with van der Waals surface area (Å²) in [5, 5.41) is 0.345. The van der Waals surface area contributed by atoms with Crippen molar-refractivity contribution < 1.29 is 8.42 Å². The minimum Gasteiger partial charge on any atom is -0.278 e. The highest BCUT2D eigenvalue weighted by Crippen LogP contribution is 2.27. The van der Waals surface area contributed by atoms with Crippen molar-refractivity contribution in [1.82, 2.24) is 0 Å². The topological polar surface area (TPSA) is 46.2 Å². The Bertz CT molecular complexity index is 745. The van der Waals surface area contributed by atoms with Crippen molar-refractivity contribution in [2.24, 2.45) is 0 Å². The lowest BCUT2D eigenvalue weighted by molar-refractivity contribution is 0.601. The van der Waals surface area contributed by atoms with Gasteiger partial charge in [0, 0.05) is 4.47 Å². The van der Waals surface area contributed by atoms with E-state index in [1.807, 2.05) is 12.1 Å². The van der Waals surface area contributed by atoms with Crippen LogP contribution in [0.3, 0.4) is 0 Å². The van der Waals surface area contributed by atoms with Crippen molar-refractivity contribution in [3.8, 4) is 0 Å². The van der Waals surface area contributed by atoms with Crippen LogP contribution in [0, 0.1) is 0 Å². The smallest absolute Gasteiger partial charge is 0.261 e. The van der Waals surface area contributed by atoms with Crippen molar-refractivity contribution in [2.75, 3.05) is 4.72 Å². The highest BCUT2D eigenvalue weighted by molar-refractivity contribution is 9.10. The number of anilines is 1. The van der Waals surface area contributed by atoms with E-state index in [1.54, 1.807) is 30.3 Å². The Hall–Kier alpha value is -1.04. The Kier molecular flexibility index (Phi) is 5.89. The molecule has 0 saturated heterocycles. The lowest BCUT2D eigenvalue weighted by atomic mass is 10.1. The molecular weight excluding hydrogens is 386 g/mol. The predicted molar refractivity (Wildman–Crippen MR) is 95.0 cm³/mol. The van der Waals surface area contributed by atoms with Gasteiger partial charge in [-0.05, 0) is 48.7 Å². The van der Waals surface area contributed by atoms with Crippen LogP contribution in [0.15, 0.2) is 51.8 Å². The molecule has 0 saturated carbocycles. The van der Waals surface area contributed by atoms with Gasteiger partial charge in [0.1, 0.15) is 0 Å². The summed E-state index contributed by atoms with van der Waals surface area (Å²) in [5.41, 5.74) is 1.50. The van der Waals surface area contributed by atoms with Crippen molar-refractivity contribution >= 4 is 43.2 Å². The number of halogens is 2. The Labute approximate surface area is 144 Å². The fourth-order valence-electron chi connectivity index (χ4n) is 1.99. The minimum absolute atomic E-state index is 0.228. The molecule has 22 heavy (non-hydrogen) atoms. The van der Waals surface area contributed by atoms with Crippen molar-refractivity contribution in [1.29, 1.82) is 0 Å². The van der Waals surface area contributed by atoms with E-state index < -0.39 is 10.0 Å². The van der Waals surface area contributed by atoms with E-state index in [0.717, 1.165) is 29.3 Å². The van der Waals surface area contributed by atoms with E-state index in [0.29, 0.717) is 10.7 Å². The molecule has 0 amide bonds. The minimum atomic E-state index is -3.64. The summed E-state index contributed by atoms with van der Waals surface area (Å²) in [6.45, 7) is 2.13. The zero-order valence-corrected chi connectivity index (χ0v) is 15.3. The van der Waals surface area contributed by atoms with Gasteiger partial charge in [0.05, 0.1) is 15.6 Å². The lowest BCUT2D eigenvalue weighted by Gasteiger charge is -2.10. The van der Waals surface area contributed by atoms with Crippen LogP contribution in [0.1, 0.15) is 25.3 Å². The fourth-order valence-corrected chi connectivity index (χ4v) is 3.85. The highest BCUT2D eigenvalue weighted by atomic mass is 79.9. The molecule has 2 rings (SSSR count). The van der Waals surface area contributed by atoms with Crippen LogP contribution >= 0.6 is 27.5 Å². The predicted octanol–water partition coefficient (Wildman–Crippen LogP) is 5.25. The Balaban J connectivity index is 2.19. The second-order valence-electron chi connectivity index (χ2n) is 4.98. The average molecular weight is 403 g/mol. The van der Waals surface area contributed by atoms with Gasteiger partial charge in [-0.2, -0.15) is 0 Å². The van der Waals surface area contributed by atoms with Gasteiger partial charge in [0.25, 0.3) is 10.0 Å². The second-order valence-corrected chi connectivity index (χ2v) is 7.98. The van der Waals surface area contributed by atoms with Gasteiger partial charge in [-0.1, -0.05) is 53.0 Å². The molecule has 0 aliphatic heterocycles. The maximum Gasteiger partial charge on any atom is 0.261 e. The molecule has 6 heteroatoms. The normalized spacial score (nSPS) is 11.4. The molecule has 0 spiro atoms. The number of nitrogens with one attached hydrogen (secondary N) is 1. The molecule has 0 heterocycles. The zero-order valence-electron chi connectivity index (χ0n) is 12.1. The summed E-state index contributed by atoms with van der Waals surface area (Å²) in [4.78, 5) is 0.228. The van der Waals surface area contributed by atoms with Gasteiger partial charge < -0.3 is 0 Å². The first-order valence-electron chi connectivity index (χ1n) is 6.99. The molecule has 0 fully saturated rings. The number of hydrogen-bond acceptors (Lipinski definition) is 2. The molecule has 3 nitrogen and oxygen atoms in total. The van der Waals surface area contributed by atoms with E-state index in [-0.39, 0.29) is 4.90 Å². The molecule has 0 bridgehead atoms. The monoisotopic (exact) mass is 401 g/mol. The number of sulfonamides is 1. The molecule has 0 unspecified atom stereocenters. The zero-order chi connectivity index (χ0) is 16.2. The van der Waals surface area contributed by atoms with Crippen LogP contribution in [-0.2, 0) is 16.4 Å². The number of hydrogen-bond donors (Lipinski definition) is 1. The van der Waals surface area contributed by atoms with Crippen LogP contribution in [-0.4, -0.2) is 8.42 Å². The Morgan fingerprint density at radius 1 is 1.14 bits per heavy atom. The maximum absolute atomic E-state index is 12.4. The fraction of sp³-hybridized carbons (Fsp3) is 0.250. The Morgan fingerprint density at radius 2 is 1.82 bits per heavy atom. The molecule has 2 aromatic rings. The molecule has 0 radical (unpaired) electrons. The van der Waals surface area contributed by atoms with Crippen molar-refractivity contribution in [3.05, 3.63) is 57.5 Å². The van der Waals surface area contributed by atoms with E-state index in [1.165, 1.54) is 0 Å². The second kappa shape index (κ2) is 7.49. The van der Waals surface area contributed by atoms with Crippen molar-refractivity contribution in [3.63, 3.8) is 0 Å². The first kappa shape index (κ1) is 17.3. The van der Waals surface area contributed by atoms with Gasteiger partial charge >= 0.3 is 0 Å². The van der Waals surface area contributed by atoms with Gasteiger partial charge in [-0.15, -0.1) is 0 Å². The molecule has 0 aromatic heterocycles. The number of unbranched alkanes of at least 4 members (excludes halogenated alkanes) is 1. The van der Waals surface area contributed by atoms with Gasteiger partial charge in [-0.3, -0.25) is 4.72 Å². The van der Waals surface area contributed by atoms with Crippen LogP contribution in [0.25, 0.3) is 0 Å². The van der Waals surface area contributed by atoms with Crippen LogP contribution in [0.5, 0.6) is 0 Å². The Morgan fingerprint density at radius 3 is 2.41 bits per heavy atom. The number of aryl methyl sites for hydroxylation is 1. The molecule has 0 aliphatic rings. The molecule has 1 N–H and O–H groups in total. The third-order valence-corrected chi connectivity index (χ3v) is 5.42. The average Bonchev–Trinajstić information content (AvgIpc) is 2.48. The van der Waals surface area contributed by atoms with Gasteiger partial charge in [0.15, 0.2) is 0 Å². The summed E-state index contributed by atoms with van der Waals surface area (Å²) in [5.74, 6) is 0. The molecule has 2 aromatic carbocycles. The largest absolute Gasteiger partial charge is 0.278 e. The number of rotatable bonds is 6. The van der Waals surface area contributed by atoms with Gasteiger partial charge in [0.2, 0.25) is 0 Å². The third-order valence-electron chi connectivity index (χ3n) is 3.23. The summed E-state index contributed by atoms with van der Waals surface area (Å²) in [7, 11) is -3.64. The standard InChI is InChI=1S/C16H17BrClNO2S/c1-2-3-4-12-5-8-14(9-6-12)22(20,21)19-16-10-7-13(17)11-15(16)18/h5-11,19H,2-4H2,1H3. The molecule has 0 aliphatic carbocycles. The highest BCUT2D eigenvalue weighted by Gasteiger charge is 2.15. The van der Waals surface area contributed by atoms with E-state index >= 15 is 0 Å². The van der Waals surface area contributed by atoms with E-state index in [9.17, 15) is 8.42 Å². The first-order chi connectivity index (χ1) is 10.4. The van der Waals surface area contributed by atoms with Crippen LogP contribution < -0.4 is 4.72 Å². The quantitative estimate of drug-likeness (QED) is 0.717. The molecule has 0 atom stereocenters. The summed E-state index contributed by atoms with van der Waals surface area (Å²) < 4.78 is 28.1. The third kappa shape index (κ3) is 4.48. The summed E-state index contributed by atoms with van der Waals surface area (Å²) in [6, 6.07) is 12.0. The van der Waals surface area contributed by atoms with E-state index in [4.69, 9.17) is 11.6 Å². The number of benzene rings is 2. The molecule has 118 valence electrons. The summed E-state index contributed by atoms with van der Waals surface area (Å²) >= 11 is 9.34. The first-order valence-corrected chi connectivity index (χ1v) is 9.64. The van der Waals surface area contributed by atoms with Crippen LogP contribution in [0.2, 0.25) is 5.02 Å². The lowest BCUT2D eigenvalue weighted by Crippen LogP contribution is -2.13. The maximum atomic E-state index is 12.4. The van der Waals surface area contributed by atoms with Crippen molar-refractivity contribution in [2.45, 2.75) is 31.1 Å². The van der Waals surface area contributed by atoms with Gasteiger partial charge in [-0.25, -0.2) is 8.42 Å².